The van der Waals surface area contributed by atoms with Crippen molar-refractivity contribution in [2.45, 2.75) is 20.0 Å². The molecule has 0 fully saturated rings. The summed E-state index contributed by atoms with van der Waals surface area (Å²) in [5.74, 6) is -2.66. The first kappa shape index (κ1) is 18.6. The molecule has 2 heterocycles. The van der Waals surface area contributed by atoms with Crippen LogP contribution in [-0.2, 0) is 11.0 Å². The van der Waals surface area contributed by atoms with Crippen molar-refractivity contribution in [3.63, 3.8) is 0 Å². The summed E-state index contributed by atoms with van der Waals surface area (Å²) < 4.78 is 38.8. The third kappa shape index (κ3) is 3.12. The van der Waals surface area contributed by atoms with Gasteiger partial charge in [0.05, 0.1) is 11.1 Å². The van der Waals surface area contributed by atoms with Crippen molar-refractivity contribution in [1.82, 2.24) is 9.66 Å². The Bertz CT molecular complexity index is 864. The van der Waals surface area contributed by atoms with Gasteiger partial charge in [0.25, 0.3) is 0 Å². The van der Waals surface area contributed by atoms with Crippen LogP contribution in [0.3, 0.4) is 0 Å². The van der Waals surface area contributed by atoms with Gasteiger partial charge in [-0.25, -0.2) is 4.98 Å². The number of anilines is 1. The Balaban J connectivity index is 2.68. The van der Waals surface area contributed by atoms with E-state index in [0.29, 0.717) is 15.8 Å². The van der Waals surface area contributed by atoms with Gasteiger partial charge in [0.15, 0.2) is 12.1 Å². The molecule has 0 atom stereocenters. The molecule has 0 saturated heterocycles. The fourth-order valence-corrected chi connectivity index (χ4v) is 2.41. The number of halogens is 4. The number of aromatic nitrogens is 2. The highest BCUT2D eigenvalue weighted by Gasteiger charge is 2.35. The lowest BCUT2D eigenvalue weighted by Crippen LogP contribution is -2.34. The molecule has 0 aliphatic carbocycles. The minimum Gasteiger partial charge on any atom is -0.493 e. The number of carbonyl (C=O) groups excluding carboxylic acids is 2. The van der Waals surface area contributed by atoms with E-state index >= 15 is 0 Å². The highest BCUT2D eigenvalue weighted by Crippen LogP contribution is 2.37. The lowest BCUT2D eigenvalue weighted by Gasteiger charge is -2.23. The molecule has 0 radical (unpaired) electrons. The zero-order chi connectivity index (χ0) is 19.1. The first-order valence-electron chi connectivity index (χ1n) is 6.63. The van der Waals surface area contributed by atoms with Crippen molar-refractivity contribution in [2.75, 3.05) is 5.01 Å². The second-order valence-corrected chi connectivity index (χ2v) is 5.31. The van der Waals surface area contributed by atoms with E-state index in [9.17, 15) is 33.0 Å². The van der Waals surface area contributed by atoms with Crippen molar-refractivity contribution in [2.24, 2.45) is 0 Å². The summed E-state index contributed by atoms with van der Waals surface area (Å²) >= 11 is 5.53. The second kappa shape index (κ2) is 6.28. The van der Waals surface area contributed by atoms with Gasteiger partial charge in [0, 0.05) is 12.5 Å². The number of pyridine rings is 1. The van der Waals surface area contributed by atoms with Crippen LogP contribution in [0.25, 0.3) is 0 Å². The SMILES string of the molecule is CC(=O)N(c1ccc(C(F)(F)F)c(Cl)n1)n1c(O)c(C)c(C=O)c1O. The third-order valence-corrected chi connectivity index (χ3v) is 3.64. The molecule has 0 spiro atoms. The zero-order valence-corrected chi connectivity index (χ0v) is 13.6. The quantitative estimate of drug-likeness (QED) is 0.633. The third-order valence-electron chi connectivity index (χ3n) is 3.35. The van der Waals surface area contributed by atoms with E-state index in [2.05, 4.69) is 4.98 Å². The lowest BCUT2D eigenvalue weighted by molar-refractivity contribution is -0.137. The molecule has 0 saturated carbocycles. The average Bonchev–Trinajstić information content (AvgIpc) is 2.69. The van der Waals surface area contributed by atoms with Crippen molar-refractivity contribution < 1.29 is 33.0 Å². The molecule has 2 N–H and O–H groups in total. The van der Waals surface area contributed by atoms with Crippen molar-refractivity contribution >= 4 is 29.6 Å². The molecular weight excluding hydrogens is 367 g/mol. The summed E-state index contributed by atoms with van der Waals surface area (Å²) in [5, 5.41) is 19.8. The Morgan fingerprint density at radius 3 is 2.32 bits per heavy atom. The van der Waals surface area contributed by atoms with Gasteiger partial charge in [-0.15, -0.1) is 0 Å². The molecule has 0 bridgehead atoms. The van der Waals surface area contributed by atoms with Gasteiger partial charge in [-0.1, -0.05) is 11.6 Å². The zero-order valence-electron chi connectivity index (χ0n) is 12.8. The van der Waals surface area contributed by atoms with Gasteiger partial charge in [-0.3, -0.25) is 9.59 Å². The average molecular weight is 378 g/mol. The largest absolute Gasteiger partial charge is 0.493 e. The molecule has 0 aliphatic heterocycles. The lowest BCUT2D eigenvalue weighted by atomic mass is 10.2. The summed E-state index contributed by atoms with van der Waals surface area (Å²) in [6.45, 7) is 2.32. The van der Waals surface area contributed by atoms with Crippen LogP contribution in [0.1, 0.15) is 28.4 Å². The highest BCUT2D eigenvalue weighted by molar-refractivity contribution is 6.30. The number of amides is 1. The smallest absolute Gasteiger partial charge is 0.419 e. The summed E-state index contributed by atoms with van der Waals surface area (Å²) in [7, 11) is 0. The maximum Gasteiger partial charge on any atom is 0.419 e. The van der Waals surface area contributed by atoms with Crippen LogP contribution in [0, 0.1) is 6.92 Å². The Hall–Kier alpha value is -2.75. The molecule has 2 rings (SSSR count). The summed E-state index contributed by atoms with van der Waals surface area (Å²) in [4.78, 5) is 26.4. The minimum atomic E-state index is -4.75. The van der Waals surface area contributed by atoms with E-state index in [-0.39, 0.29) is 17.4 Å². The van der Waals surface area contributed by atoms with Crippen molar-refractivity contribution in [3.05, 3.63) is 34.0 Å². The molecule has 7 nitrogen and oxygen atoms in total. The van der Waals surface area contributed by atoms with E-state index < -0.39 is 40.4 Å². The first-order chi connectivity index (χ1) is 11.5. The molecule has 134 valence electrons. The van der Waals surface area contributed by atoms with Crippen molar-refractivity contribution in [3.8, 4) is 11.8 Å². The first-order valence-corrected chi connectivity index (χ1v) is 7.01. The van der Waals surface area contributed by atoms with E-state index in [1.807, 2.05) is 0 Å². The monoisotopic (exact) mass is 377 g/mol. The Labute approximate surface area is 143 Å². The standard InChI is InChI=1S/C14H11ClF3N3O4/c1-6-8(5-22)13(25)21(12(6)24)20(7(2)23)10-4-3-9(11(15)19-10)14(16,17)18/h3-5,24-25H,1-2H3. The van der Waals surface area contributed by atoms with Crippen LogP contribution >= 0.6 is 11.6 Å². The number of hydrogen-bond donors (Lipinski definition) is 2. The summed E-state index contributed by atoms with van der Waals surface area (Å²) in [6.07, 6.45) is -4.49. The molecule has 2 aromatic heterocycles. The summed E-state index contributed by atoms with van der Waals surface area (Å²) in [6, 6.07) is 1.44. The Morgan fingerprint density at radius 2 is 1.92 bits per heavy atom. The molecule has 11 heteroatoms. The van der Waals surface area contributed by atoms with Gasteiger partial charge in [-0.2, -0.15) is 22.9 Å². The predicted molar refractivity (Wildman–Crippen MR) is 80.7 cm³/mol. The van der Waals surface area contributed by atoms with Gasteiger partial charge in [0.1, 0.15) is 5.15 Å². The van der Waals surface area contributed by atoms with Gasteiger partial charge in [-0.05, 0) is 19.1 Å². The highest BCUT2D eigenvalue weighted by atomic mass is 35.5. The number of aldehydes is 1. The fraction of sp³-hybridized carbons (Fsp3) is 0.214. The number of aromatic hydroxyl groups is 2. The maximum absolute atomic E-state index is 12.8. The number of alkyl halides is 3. The predicted octanol–water partition coefficient (Wildman–Crippen LogP) is 2.90. The second-order valence-electron chi connectivity index (χ2n) is 4.95. The molecular formula is C14H11ClF3N3O4. The Kier molecular flexibility index (Phi) is 4.67. The molecule has 0 aromatic carbocycles. The van der Waals surface area contributed by atoms with E-state index in [4.69, 9.17) is 11.6 Å². The van der Waals surface area contributed by atoms with Crippen LogP contribution in [0.15, 0.2) is 12.1 Å². The number of nitrogens with zero attached hydrogens (tertiary/aromatic N) is 3. The van der Waals surface area contributed by atoms with Crippen LogP contribution in [0.2, 0.25) is 5.15 Å². The molecule has 25 heavy (non-hydrogen) atoms. The van der Waals surface area contributed by atoms with Gasteiger partial charge >= 0.3 is 6.18 Å². The normalized spacial score (nSPS) is 11.4. The summed E-state index contributed by atoms with van der Waals surface area (Å²) in [5.41, 5.74) is -1.54. The molecule has 2 aromatic rings. The maximum atomic E-state index is 12.8. The van der Waals surface area contributed by atoms with Crippen LogP contribution in [0.5, 0.6) is 11.8 Å². The molecule has 0 unspecified atom stereocenters. The van der Waals surface area contributed by atoms with E-state index in [0.717, 1.165) is 13.0 Å². The fourth-order valence-electron chi connectivity index (χ4n) is 2.15. The van der Waals surface area contributed by atoms with Crippen LogP contribution in [0.4, 0.5) is 19.0 Å². The minimum absolute atomic E-state index is 0.0308. The van der Waals surface area contributed by atoms with Gasteiger partial charge < -0.3 is 10.2 Å². The van der Waals surface area contributed by atoms with Gasteiger partial charge in [0.2, 0.25) is 17.7 Å². The van der Waals surface area contributed by atoms with Crippen LogP contribution in [-0.4, -0.2) is 32.1 Å². The topological polar surface area (TPSA) is 95.7 Å². The number of carbonyl (C=O) groups is 2. The van der Waals surface area contributed by atoms with E-state index in [1.54, 1.807) is 0 Å². The number of rotatable bonds is 3. The van der Waals surface area contributed by atoms with Crippen LogP contribution < -0.4 is 5.01 Å². The Morgan fingerprint density at radius 1 is 1.32 bits per heavy atom. The molecule has 1 amide bonds. The van der Waals surface area contributed by atoms with Crippen molar-refractivity contribution in [1.29, 1.82) is 0 Å². The van der Waals surface area contributed by atoms with E-state index in [1.165, 1.54) is 6.92 Å². The molecule has 0 aliphatic rings. The number of hydrogen-bond acceptors (Lipinski definition) is 5.